The van der Waals surface area contributed by atoms with Gasteiger partial charge in [0.25, 0.3) is 6.47 Å². The number of fused-ring (bicyclic) bond motifs is 2. The van der Waals surface area contributed by atoms with Crippen LogP contribution >= 0.6 is 0 Å². The highest BCUT2D eigenvalue weighted by atomic mass is 16.3. The average Bonchev–Trinajstić information content (AvgIpc) is 3.36. The second-order valence-electron chi connectivity index (χ2n) is 9.41. The van der Waals surface area contributed by atoms with Crippen molar-refractivity contribution < 1.29 is 19.5 Å². The fourth-order valence-electron chi connectivity index (χ4n) is 5.60. The number of nitrogens with zero attached hydrogens (tertiary/aromatic N) is 4. The van der Waals surface area contributed by atoms with Crippen LogP contribution in [0, 0.1) is 11.3 Å². The van der Waals surface area contributed by atoms with Crippen LogP contribution < -0.4 is 0 Å². The SMILES string of the molecule is CC(=O)N1C[C@@H]2CN(C(=O)CCc3n[nH]c4c3CCCC4)C[C@]2(CN(C)C)C1.O=CO. The van der Waals surface area contributed by atoms with Crippen molar-refractivity contribution in [2.75, 3.05) is 46.8 Å². The predicted octanol–water partition coefficient (Wildman–Crippen LogP) is 0.790. The van der Waals surface area contributed by atoms with Gasteiger partial charge in [-0.2, -0.15) is 5.10 Å². The van der Waals surface area contributed by atoms with Gasteiger partial charge in [0.05, 0.1) is 5.69 Å². The lowest BCUT2D eigenvalue weighted by molar-refractivity contribution is -0.131. The van der Waals surface area contributed by atoms with Gasteiger partial charge in [-0.1, -0.05) is 0 Å². The Kier molecular flexibility index (Phi) is 7.35. The van der Waals surface area contributed by atoms with E-state index in [0.717, 1.165) is 57.7 Å². The molecule has 0 radical (unpaired) electrons. The Morgan fingerprint density at radius 2 is 1.87 bits per heavy atom. The molecule has 4 rings (SSSR count). The molecule has 3 heterocycles. The molecule has 1 aromatic heterocycles. The van der Waals surface area contributed by atoms with E-state index in [9.17, 15) is 9.59 Å². The van der Waals surface area contributed by atoms with Gasteiger partial charge in [-0.25, -0.2) is 0 Å². The largest absolute Gasteiger partial charge is 0.483 e. The summed E-state index contributed by atoms with van der Waals surface area (Å²) in [6.45, 7) is 5.39. The lowest BCUT2D eigenvalue weighted by atomic mass is 9.80. The number of H-pyrrole nitrogens is 1. The molecule has 3 aliphatic rings. The molecule has 2 fully saturated rings. The zero-order chi connectivity index (χ0) is 22.6. The van der Waals surface area contributed by atoms with E-state index in [4.69, 9.17) is 9.90 Å². The van der Waals surface area contributed by atoms with Gasteiger partial charge in [-0.3, -0.25) is 19.5 Å². The Morgan fingerprint density at radius 3 is 2.55 bits per heavy atom. The van der Waals surface area contributed by atoms with Crippen molar-refractivity contribution in [3.05, 3.63) is 17.0 Å². The first kappa shape index (κ1) is 23.2. The minimum Gasteiger partial charge on any atom is -0.483 e. The summed E-state index contributed by atoms with van der Waals surface area (Å²) in [7, 11) is 4.15. The maximum absolute atomic E-state index is 13.0. The summed E-state index contributed by atoms with van der Waals surface area (Å²) in [6, 6.07) is 0. The molecule has 2 amide bonds. The van der Waals surface area contributed by atoms with E-state index >= 15 is 0 Å². The van der Waals surface area contributed by atoms with Crippen LogP contribution in [0.5, 0.6) is 0 Å². The fraction of sp³-hybridized carbons (Fsp3) is 0.727. The lowest BCUT2D eigenvalue weighted by Crippen LogP contribution is -2.43. The summed E-state index contributed by atoms with van der Waals surface area (Å²) in [5.74, 6) is 0.754. The summed E-state index contributed by atoms with van der Waals surface area (Å²) < 4.78 is 0. The van der Waals surface area contributed by atoms with E-state index in [0.29, 0.717) is 12.3 Å². The molecule has 9 heteroatoms. The van der Waals surface area contributed by atoms with E-state index in [-0.39, 0.29) is 23.7 Å². The average molecular weight is 434 g/mol. The van der Waals surface area contributed by atoms with Gasteiger partial charge >= 0.3 is 0 Å². The van der Waals surface area contributed by atoms with Crippen LogP contribution in [-0.4, -0.2) is 95.1 Å². The minimum absolute atomic E-state index is 0.0102. The third kappa shape index (κ3) is 5.08. The fourth-order valence-corrected chi connectivity index (χ4v) is 5.60. The van der Waals surface area contributed by atoms with Crippen LogP contribution in [-0.2, 0) is 33.6 Å². The number of likely N-dealkylation sites (tertiary alicyclic amines) is 2. The van der Waals surface area contributed by atoms with E-state index in [1.54, 1.807) is 6.92 Å². The normalized spacial score (nSPS) is 24.5. The van der Waals surface area contributed by atoms with Gasteiger partial charge in [0.15, 0.2) is 0 Å². The standard InChI is InChI=1S/C21H33N5O2.CH2O2/c1-15(27)25-10-16-11-26(14-21(16,13-25)12-24(2)3)20(28)9-8-19-17-6-4-5-7-18(17)22-23-19;2-1-3/h16H,4-14H2,1-3H3,(H,22,23);1H,(H,2,3)/t16-,21+;/m1./s1. The Morgan fingerprint density at radius 1 is 1.23 bits per heavy atom. The Hall–Kier alpha value is -2.42. The molecular formula is C22H35N5O4. The number of hydrogen-bond donors (Lipinski definition) is 2. The number of rotatable bonds is 5. The molecular weight excluding hydrogens is 398 g/mol. The molecule has 0 aromatic carbocycles. The molecule has 0 spiro atoms. The van der Waals surface area contributed by atoms with Crippen LogP contribution in [0.15, 0.2) is 0 Å². The minimum atomic E-state index is -0.250. The number of hydrogen-bond acceptors (Lipinski definition) is 5. The highest BCUT2D eigenvalue weighted by Gasteiger charge is 2.54. The maximum atomic E-state index is 13.0. The molecule has 2 saturated heterocycles. The van der Waals surface area contributed by atoms with Gasteiger partial charge in [-0.15, -0.1) is 0 Å². The van der Waals surface area contributed by atoms with Crippen LogP contribution in [0.3, 0.4) is 0 Å². The molecule has 172 valence electrons. The van der Waals surface area contributed by atoms with Crippen LogP contribution in [0.1, 0.15) is 43.1 Å². The second kappa shape index (κ2) is 9.80. The van der Waals surface area contributed by atoms with Crippen molar-refractivity contribution >= 4 is 18.3 Å². The van der Waals surface area contributed by atoms with Crippen molar-refractivity contribution in [1.29, 1.82) is 0 Å². The molecule has 0 bridgehead atoms. The number of aromatic amines is 1. The predicted molar refractivity (Wildman–Crippen MR) is 116 cm³/mol. The molecule has 2 aliphatic heterocycles. The first-order valence-electron chi connectivity index (χ1n) is 11.1. The number of carboxylic acid groups (broad SMARTS) is 1. The lowest BCUT2D eigenvalue weighted by Gasteiger charge is -2.32. The van der Waals surface area contributed by atoms with Crippen LogP contribution in [0.25, 0.3) is 0 Å². The number of amides is 2. The number of aryl methyl sites for hydroxylation is 2. The van der Waals surface area contributed by atoms with Crippen LogP contribution in [0.4, 0.5) is 0 Å². The van der Waals surface area contributed by atoms with E-state index in [2.05, 4.69) is 29.2 Å². The summed E-state index contributed by atoms with van der Waals surface area (Å²) in [6.07, 6.45) is 5.89. The number of nitrogens with one attached hydrogen (secondary N) is 1. The Bertz CT molecular complexity index is 808. The smallest absolute Gasteiger partial charge is 0.290 e. The Balaban J connectivity index is 0.000000858. The van der Waals surface area contributed by atoms with Gasteiger partial charge < -0.3 is 19.8 Å². The summed E-state index contributed by atoms with van der Waals surface area (Å²) in [5.41, 5.74) is 3.74. The summed E-state index contributed by atoms with van der Waals surface area (Å²) in [4.78, 5) is 39.4. The monoisotopic (exact) mass is 433 g/mol. The summed E-state index contributed by atoms with van der Waals surface area (Å²) >= 11 is 0. The van der Waals surface area contributed by atoms with E-state index < -0.39 is 0 Å². The molecule has 2 N–H and O–H groups in total. The number of aromatic nitrogens is 2. The van der Waals surface area contributed by atoms with Gasteiger partial charge in [-0.05, 0) is 45.3 Å². The number of carbonyl (C=O) groups is 3. The molecule has 9 nitrogen and oxygen atoms in total. The van der Waals surface area contributed by atoms with E-state index in [1.807, 2.05) is 9.80 Å². The molecule has 2 atom stereocenters. The molecule has 1 aliphatic carbocycles. The Labute approximate surface area is 183 Å². The molecule has 0 saturated carbocycles. The first-order valence-corrected chi connectivity index (χ1v) is 11.1. The topological polar surface area (TPSA) is 110 Å². The zero-order valence-corrected chi connectivity index (χ0v) is 18.9. The van der Waals surface area contributed by atoms with Crippen LogP contribution in [0.2, 0.25) is 0 Å². The third-order valence-electron chi connectivity index (χ3n) is 6.91. The highest BCUT2D eigenvalue weighted by molar-refractivity contribution is 5.77. The van der Waals surface area contributed by atoms with Crippen molar-refractivity contribution in [3.63, 3.8) is 0 Å². The highest BCUT2D eigenvalue weighted by Crippen LogP contribution is 2.43. The second-order valence-corrected chi connectivity index (χ2v) is 9.41. The number of carbonyl (C=O) groups excluding carboxylic acids is 2. The zero-order valence-electron chi connectivity index (χ0n) is 18.9. The van der Waals surface area contributed by atoms with E-state index in [1.165, 1.54) is 24.1 Å². The summed E-state index contributed by atoms with van der Waals surface area (Å²) in [5, 5.41) is 14.6. The van der Waals surface area contributed by atoms with Gasteiger partial charge in [0.2, 0.25) is 11.8 Å². The molecule has 31 heavy (non-hydrogen) atoms. The first-order chi connectivity index (χ1) is 14.8. The van der Waals surface area contributed by atoms with Gasteiger partial charge in [0.1, 0.15) is 0 Å². The van der Waals surface area contributed by atoms with Crippen molar-refractivity contribution in [2.24, 2.45) is 11.3 Å². The van der Waals surface area contributed by atoms with Crippen molar-refractivity contribution in [1.82, 2.24) is 24.9 Å². The van der Waals surface area contributed by atoms with Crippen molar-refractivity contribution in [2.45, 2.75) is 45.4 Å². The van der Waals surface area contributed by atoms with Gasteiger partial charge in [0, 0.05) is 69.5 Å². The molecule has 0 unspecified atom stereocenters. The third-order valence-corrected chi connectivity index (χ3v) is 6.91. The van der Waals surface area contributed by atoms with Crippen molar-refractivity contribution in [3.8, 4) is 0 Å². The maximum Gasteiger partial charge on any atom is 0.290 e. The quantitative estimate of drug-likeness (QED) is 0.665. The molecule has 1 aromatic rings.